The van der Waals surface area contributed by atoms with Crippen molar-refractivity contribution < 1.29 is 0 Å². The Morgan fingerprint density at radius 3 is 2.80 bits per heavy atom. The van der Waals surface area contributed by atoms with E-state index in [0.29, 0.717) is 0 Å². The zero-order chi connectivity index (χ0) is 13.8. The van der Waals surface area contributed by atoms with Gasteiger partial charge in [-0.2, -0.15) is 0 Å². The van der Waals surface area contributed by atoms with Gasteiger partial charge in [0.25, 0.3) is 0 Å². The minimum absolute atomic E-state index is 1.01. The topological polar surface area (TPSA) is 17.3 Å². The number of para-hydroxylation sites is 2. The van der Waals surface area contributed by atoms with E-state index in [0.717, 1.165) is 28.7 Å². The lowest BCUT2D eigenvalue weighted by molar-refractivity contribution is 0.959. The Labute approximate surface area is 119 Å². The van der Waals surface area contributed by atoms with Crippen molar-refractivity contribution >= 4 is 22.6 Å². The summed E-state index contributed by atoms with van der Waals surface area (Å²) in [7, 11) is 0. The number of nitrogens with zero attached hydrogens (tertiary/aromatic N) is 2. The summed E-state index contributed by atoms with van der Waals surface area (Å²) in [5.41, 5.74) is 4.32. The van der Waals surface area contributed by atoms with E-state index in [9.17, 15) is 0 Å². The summed E-state index contributed by atoms with van der Waals surface area (Å²) in [6.07, 6.45) is 12.8. The monoisotopic (exact) mass is 262 g/mol. The molecule has 0 bridgehead atoms. The van der Waals surface area contributed by atoms with Gasteiger partial charge in [-0.1, -0.05) is 43.7 Å². The minimum Gasteiger partial charge on any atom is -0.313 e. The zero-order valence-corrected chi connectivity index (χ0v) is 11.7. The Bertz CT molecular complexity index is 778. The molecule has 0 aliphatic carbocycles. The number of hydrogen-bond donors (Lipinski definition) is 0. The molecule has 2 nitrogen and oxygen atoms in total. The van der Waals surface area contributed by atoms with Crippen LogP contribution < -0.4 is 0 Å². The van der Waals surface area contributed by atoms with Crippen molar-refractivity contribution in [2.24, 2.45) is 0 Å². The summed E-state index contributed by atoms with van der Waals surface area (Å²) in [6.45, 7) is 2.18. The molecule has 2 aromatic heterocycles. The van der Waals surface area contributed by atoms with E-state index in [4.69, 9.17) is 4.98 Å². The molecule has 2 heterocycles. The van der Waals surface area contributed by atoms with Crippen LogP contribution in [0.4, 0.5) is 0 Å². The average Bonchev–Trinajstić information content (AvgIpc) is 2.97. The summed E-state index contributed by atoms with van der Waals surface area (Å²) in [5, 5.41) is 0. The summed E-state index contributed by atoms with van der Waals surface area (Å²) in [5.74, 6) is 0. The molecule has 0 fully saturated rings. The number of benzene rings is 1. The van der Waals surface area contributed by atoms with E-state index in [-0.39, 0.29) is 0 Å². The lowest BCUT2D eigenvalue weighted by Crippen LogP contribution is -1.93. The first-order valence-electron chi connectivity index (χ1n) is 7.09. The van der Waals surface area contributed by atoms with Crippen molar-refractivity contribution in [3.8, 4) is 0 Å². The van der Waals surface area contributed by atoms with E-state index in [1.165, 1.54) is 6.42 Å². The van der Waals surface area contributed by atoms with Crippen LogP contribution in [0.25, 0.3) is 22.6 Å². The number of rotatable bonds is 4. The number of aromatic nitrogens is 2. The second-order valence-electron chi connectivity index (χ2n) is 4.83. The van der Waals surface area contributed by atoms with E-state index < -0.39 is 0 Å². The van der Waals surface area contributed by atoms with Crippen LogP contribution in [0.5, 0.6) is 0 Å². The molecule has 0 saturated carbocycles. The second-order valence-corrected chi connectivity index (χ2v) is 4.83. The lowest BCUT2D eigenvalue weighted by Gasteiger charge is -2.05. The number of hydrogen-bond acceptors (Lipinski definition) is 1. The fourth-order valence-electron chi connectivity index (χ4n) is 2.36. The minimum atomic E-state index is 1.01. The van der Waals surface area contributed by atoms with Crippen molar-refractivity contribution in [2.75, 3.05) is 0 Å². The fourth-order valence-corrected chi connectivity index (χ4v) is 2.36. The highest BCUT2D eigenvalue weighted by atomic mass is 14.9. The van der Waals surface area contributed by atoms with Crippen LogP contribution in [0.1, 0.15) is 25.5 Å². The molecule has 0 atom stereocenters. The first-order chi connectivity index (χ1) is 9.90. The molecule has 0 aliphatic rings. The molecule has 0 unspecified atom stereocenters. The maximum atomic E-state index is 4.75. The van der Waals surface area contributed by atoms with Gasteiger partial charge in [-0.15, -0.1) is 0 Å². The molecule has 0 aliphatic heterocycles. The van der Waals surface area contributed by atoms with E-state index in [1.54, 1.807) is 0 Å². The first kappa shape index (κ1) is 12.7. The lowest BCUT2D eigenvalue weighted by atomic mass is 10.2. The normalized spacial score (nSPS) is 12.2. The second kappa shape index (κ2) is 5.74. The Hall–Kier alpha value is -2.35. The molecule has 20 heavy (non-hydrogen) atoms. The Kier molecular flexibility index (Phi) is 3.64. The molecular weight excluding hydrogens is 244 g/mol. The average molecular weight is 262 g/mol. The quantitative estimate of drug-likeness (QED) is 0.614. The molecule has 0 saturated heterocycles. The largest absolute Gasteiger partial charge is 0.313 e. The summed E-state index contributed by atoms with van der Waals surface area (Å²) in [4.78, 5) is 4.75. The van der Waals surface area contributed by atoms with Crippen LogP contribution in [0.3, 0.4) is 0 Å². The van der Waals surface area contributed by atoms with Gasteiger partial charge in [-0.25, -0.2) is 4.98 Å². The Morgan fingerprint density at radius 1 is 1.05 bits per heavy atom. The Morgan fingerprint density at radius 2 is 1.90 bits per heavy atom. The van der Waals surface area contributed by atoms with E-state index in [2.05, 4.69) is 66.1 Å². The van der Waals surface area contributed by atoms with E-state index >= 15 is 0 Å². The molecule has 0 radical (unpaired) electrons. The third-order valence-corrected chi connectivity index (χ3v) is 3.35. The summed E-state index contributed by atoms with van der Waals surface area (Å²) < 4.78 is 2.19. The molecule has 0 amide bonds. The maximum Gasteiger partial charge on any atom is 0.0878 e. The van der Waals surface area contributed by atoms with Crippen molar-refractivity contribution in [2.45, 2.75) is 19.8 Å². The molecule has 0 spiro atoms. The van der Waals surface area contributed by atoms with Crippen LogP contribution in [-0.2, 0) is 0 Å². The molecule has 1 aromatic carbocycles. The van der Waals surface area contributed by atoms with Gasteiger partial charge in [0.15, 0.2) is 0 Å². The molecular formula is C18H18N2. The van der Waals surface area contributed by atoms with Crippen LogP contribution >= 0.6 is 0 Å². The van der Waals surface area contributed by atoms with Crippen molar-refractivity contribution in [1.29, 1.82) is 0 Å². The van der Waals surface area contributed by atoms with Crippen LogP contribution in [0, 0.1) is 0 Å². The smallest absolute Gasteiger partial charge is 0.0878 e. The van der Waals surface area contributed by atoms with E-state index in [1.807, 2.05) is 12.1 Å². The van der Waals surface area contributed by atoms with Gasteiger partial charge < -0.3 is 4.40 Å². The number of unbranched alkanes of at least 4 members (excludes halogenated alkanes) is 1. The van der Waals surface area contributed by atoms with Crippen molar-refractivity contribution in [1.82, 2.24) is 9.38 Å². The highest BCUT2D eigenvalue weighted by Gasteiger charge is 2.04. The molecule has 100 valence electrons. The summed E-state index contributed by atoms with van der Waals surface area (Å²) >= 11 is 0. The fraction of sp³-hybridized carbons (Fsp3) is 0.167. The number of allylic oxidation sites excluding steroid dienone is 3. The molecule has 3 rings (SSSR count). The Balaban J connectivity index is 2.07. The zero-order valence-electron chi connectivity index (χ0n) is 11.7. The van der Waals surface area contributed by atoms with Crippen molar-refractivity contribution in [3.05, 3.63) is 66.5 Å². The van der Waals surface area contributed by atoms with Gasteiger partial charge >= 0.3 is 0 Å². The van der Waals surface area contributed by atoms with Gasteiger partial charge in [-0.3, -0.25) is 0 Å². The van der Waals surface area contributed by atoms with Gasteiger partial charge in [-0.05, 0) is 36.8 Å². The molecule has 2 heteroatoms. The van der Waals surface area contributed by atoms with Crippen LogP contribution in [0.2, 0.25) is 0 Å². The van der Waals surface area contributed by atoms with Crippen LogP contribution in [0.15, 0.2) is 60.8 Å². The highest BCUT2D eigenvalue weighted by molar-refractivity contribution is 5.82. The highest BCUT2D eigenvalue weighted by Crippen LogP contribution is 2.19. The predicted molar refractivity (Wildman–Crippen MR) is 85.8 cm³/mol. The third-order valence-electron chi connectivity index (χ3n) is 3.35. The molecule has 3 aromatic rings. The molecule has 0 N–H and O–H groups in total. The first-order valence-corrected chi connectivity index (χ1v) is 7.09. The van der Waals surface area contributed by atoms with Gasteiger partial charge in [0, 0.05) is 6.20 Å². The van der Waals surface area contributed by atoms with Crippen LogP contribution in [-0.4, -0.2) is 9.38 Å². The van der Waals surface area contributed by atoms with Gasteiger partial charge in [0.05, 0.1) is 22.2 Å². The third kappa shape index (κ3) is 2.37. The summed E-state index contributed by atoms with van der Waals surface area (Å²) in [6, 6.07) is 12.4. The standard InChI is InChI=1S/C18H18N2/c1-2-3-4-5-6-10-15-18-13-9-14-20(18)17-12-8-7-11-16(17)19-15/h4-14H,2-3H2,1H3/b5-4+,10-6+. The maximum absolute atomic E-state index is 4.75. The predicted octanol–water partition coefficient (Wildman–Crippen LogP) is 4.86. The van der Waals surface area contributed by atoms with Gasteiger partial charge in [0.2, 0.25) is 0 Å². The van der Waals surface area contributed by atoms with Crippen molar-refractivity contribution in [3.63, 3.8) is 0 Å². The van der Waals surface area contributed by atoms with Gasteiger partial charge in [0.1, 0.15) is 0 Å². The SMILES string of the molecule is CCC/C=C/C=C/c1nc2ccccc2n2cccc12. The number of fused-ring (bicyclic) bond motifs is 3.